The Morgan fingerprint density at radius 3 is 1.90 bits per heavy atom. The lowest BCUT2D eigenvalue weighted by molar-refractivity contribution is 0.591. The van der Waals surface area contributed by atoms with Gasteiger partial charge in [-0.2, -0.15) is 0 Å². The molecule has 0 radical (unpaired) electrons. The predicted octanol–water partition coefficient (Wildman–Crippen LogP) is 4.31. The zero-order valence-electron chi connectivity index (χ0n) is 10.6. The van der Waals surface area contributed by atoms with E-state index in [0.29, 0.717) is 5.69 Å². The van der Waals surface area contributed by atoms with Gasteiger partial charge in [0.2, 0.25) is 0 Å². The fourth-order valence-electron chi connectivity index (χ4n) is 1.70. The largest absolute Gasteiger partial charge is 0.269 e. The number of benzene rings is 2. The zero-order valence-corrected chi connectivity index (χ0v) is 14.6. The van der Waals surface area contributed by atoms with Crippen LogP contribution >= 0.6 is 31.9 Å². The van der Waals surface area contributed by atoms with Gasteiger partial charge in [0.15, 0.2) is 0 Å². The summed E-state index contributed by atoms with van der Waals surface area (Å²) in [6.07, 6.45) is 0. The van der Waals surface area contributed by atoms with Crippen molar-refractivity contribution in [3.63, 3.8) is 0 Å². The molecule has 0 unspecified atom stereocenters. The molecule has 0 spiro atoms. The van der Waals surface area contributed by atoms with E-state index in [9.17, 15) is 17.2 Å². The Labute approximate surface area is 137 Å². The molecule has 0 bridgehead atoms. The molecule has 0 N–H and O–H groups in total. The molecule has 2 aromatic rings. The minimum Gasteiger partial charge on any atom is -0.269 e. The number of rotatable bonds is 3. The van der Waals surface area contributed by atoms with Crippen molar-refractivity contribution in [1.82, 2.24) is 0 Å². The van der Waals surface area contributed by atoms with Crippen LogP contribution in [0.5, 0.6) is 0 Å². The van der Waals surface area contributed by atoms with E-state index in [1.54, 1.807) is 0 Å². The van der Waals surface area contributed by atoms with E-state index in [0.717, 1.165) is 28.6 Å². The van der Waals surface area contributed by atoms with Crippen molar-refractivity contribution >= 4 is 47.6 Å². The number of hydrogen-bond acceptors (Lipinski definition) is 2. The van der Waals surface area contributed by atoms with Crippen LogP contribution in [0.1, 0.15) is 0 Å². The third-order valence-electron chi connectivity index (χ3n) is 2.77. The second kappa shape index (κ2) is 6.02. The first kappa shape index (κ1) is 16.4. The average Bonchev–Trinajstić information content (AvgIpc) is 2.37. The first-order chi connectivity index (χ1) is 9.73. The maximum Gasteiger partial charge on any atom is 0.266 e. The van der Waals surface area contributed by atoms with Gasteiger partial charge >= 0.3 is 0 Å². The minimum absolute atomic E-state index is 0.100. The molecule has 0 aromatic heterocycles. The standard InChI is InChI=1S/C13H9Br2F2NO2S/c1-18(10-4-2-8(16)3-5-10)21(19,20)13-11(14)6-9(17)7-12(13)15/h2-7H,1H3. The summed E-state index contributed by atoms with van der Waals surface area (Å²) in [7, 11) is -2.59. The van der Waals surface area contributed by atoms with Crippen LogP contribution in [0.2, 0.25) is 0 Å². The summed E-state index contributed by atoms with van der Waals surface area (Å²) < 4.78 is 52.6. The molecular formula is C13H9Br2F2NO2S. The molecule has 0 saturated heterocycles. The molecule has 0 aliphatic carbocycles. The van der Waals surface area contributed by atoms with Crippen molar-refractivity contribution in [2.24, 2.45) is 0 Å². The summed E-state index contributed by atoms with van der Waals surface area (Å²) >= 11 is 6.10. The third-order valence-corrected chi connectivity index (χ3v) is 6.44. The second-order valence-electron chi connectivity index (χ2n) is 4.15. The Balaban J connectivity index is 2.54. The van der Waals surface area contributed by atoms with E-state index in [2.05, 4.69) is 31.9 Å². The first-order valence-corrected chi connectivity index (χ1v) is 8.65. The van der Waals surface area contributed by atoms with Gasteiger partial charge in [-0.1, -0.05) is 0 Å². The van der Waals surface area contributed by atoms with Gasteiger partial charge in [-0.3, -0.25) is 4.31 Å². The Bertz CT molecular complexity index is 756. The number of sulfonamides is 1. The van der Waals surface area contributed by atoms with E-state index >= 15 is 0 Å². The monoisotopic (exact) mass is 439 g/mol. The van der Waals surface area contributed by atoms with E-state index in [-0.39, 0.29) is 13.8 Å². The van der Waals surface area contributed by atoms with Crippen molar-refractivity contribution in [3.05, 3.63) is 57.0 Å². The highest BCUT2D eigenvalue weighted by molar-refractivity contribution is 9.11. The van der Waals surface area contributed by atoms with Crippen LogP contribution < -0.4 is 4.31 Å². The van der Waals surface area contributed by atoms with Gasteiger partial charge in [-0.25, -0.2) is 17.2 Å². The summed E-state index contributed by atoms with van der Waals surface area (Å²) in [6.45, 7) is 0. The highest BCUT2D eigenvalue weighted by Gasteiger charge is 2.27. The summed E-state index contributed by atoms with van der Waals surface area (Å²) in [5, 5.41) is 0. The van der Waals surface area contributed by atoms with E-state index in [4.69, 9.17) is 0 Å². The molecule has 112 valence electrons. The lowest BCUT2D eigenvalue weighted by Gasteiger charge is -2.21. The third kappa shape index (κ3) is 3.27. The lowest BCUT2D eigenvalue weighted by Crippen LogP contribution is -2.27. The summed E-state index contributed by atoms with van der Waals surface area (Å²) in [4.78, 5) is -0.101. The van der Waals surface area contributed by atoms with Crippen LogP contribution in [0.3, 0.4) is 0 Å². The van der Waals surface area contributed by atoms with Crippen molar-refractivity contribution in [3.8, 4) is 0 Å². The van der Waals surface area contributed by atoms with Crippen molar-refractivity contribution in [2.75, 3.05) is 11.4 Å². The average molecular weight is 441 g/mol. The van der Waals surface area contributed by atoms with Gasteiger partial charge in [0, 0.05) is 16.0 Å². The van der Waals surface area contributed by atoms with Gasteiger partial charge in [0.05, 0.1) is 5.69 Å². The molecular weight excluding hydrogens is 432 g/mol. The molecule has 0 fully saturated rings. The van der Waals surface area contributed by atoms with E-state index in [1.165, 1.54) is 19.2 Å². The molecule has 0 aliphatic rings. The van der Waals surface area contributed by atoms with Gasteiger partial charge < -0.3 is 0 Å². The number of nitrogens with zero attached hydrogens (tertiary/aromatic N) is 1. The van der Waals surface area contributed by atoms with Crippen LogP contribution in [0.4, 0.5) is 14.5 Å². The Morgan fingerprint density at radius 1 is 0.952 bits per heavy atom. The molecule has 2 rings (SSSR count). The van der Waals surface area contributed by atoms with Gasteiger partial charge in [-0.15, -0.1) is 0 Å². The first-order valence-electron chi connectivity index (χ1n) is 5.62. The fraction of sp³-hybridized carbons (Fsp3) is 0.0769. The Hall–Kier alpha value is -0.990. The van der Waals surface area contributed by atoms with Crippen LogP contribution in [-0.4, -0.2) is 15.5 Å². The summed E-state index contributed by atoms with van der Waals surface area (Å²) in [5.41, 5.74) is 0.291. The molecule has 0 aliphatic heterocycles. The van der Waals surface area contributed by atoms with Crippen molar-refractivity contribution in [1.29, 1.82) is 0 Å². The molecule has 3 nitrogen and oxygen atoms in total. The Morgan fingerprint density at radius 2 is 1.43 bits per heavy atom. The molecule has 0 amide bonds. The van der Waals surface area contributed by atoms with Crippen LogP contribution in [0, 0.1) is 11.6 Å². The maximum atomic E-state index is 13.3. The van der Waals surface area contributed by atoms with Crippen LogP contribution in [-0.2, 0) is 10.0 Å². The minimum atomic E-state index is -3.93. The molecule has 0 saturated carbocycles. The van der Waals surface area contributed by atoms with Gasteiger partial charge in [-0.05, 0) is 68.3 Å². The van der Waals surface area contributed by atoms with Gasteiger partial charge in [0.1, 0.15) is 16.5 Å². The lowest BCUT2D eigenvalue weighted by atomic mass is 10.3. The normalized spacial score (nSPS) is 11.5. The summed E-state index contributed by atoms with van der Waals surface area (Å²) in [6, 6.07) is 7.15. The molecule has 0 atom stereocenters. The predicted molar refractivity (Wildman–Crippen MR) is 83.8 cm³/mol. The number of anilines is 1. The van der Waals surface area contributed by atoms with E-state index < -0.39 is 21.7 Å². The topological polar surface area (TPSA) is 37.4 Å². The SMILES string of the molecule is CN(c1ccc(F)cc1)S(=O)(=O)c1c(Br)cc(F)cc1Br. The van der Waals surface area contributed by atoms with E-state index in [1.807, 2.05) is 0 Å². The van der Waals surface area contributed by atoms with Crippen molar-refractivity contribution < 1.29 is 17.2 Å². The number of hydrogen-bond donors (Lipinski definition) is 0. The highest BCUT2D eigenvalue weighted by atomic mass is 79.9. The maximum absolute atomic E-state index is 13.3. The highest BCUT2D eigenvalue weighted by Crippen LogP contribution is 2.34. The molecule has 2 aromatic carbocycles. The zero-order chi connectivity index (χ0) is 15.8. The van der Waals surface area contributed by atoms with Crippen LogP contribution in [0.15, 0.2) is 50.2 Å². The number of halogens is 4. The fourth-order valence-corrected chi connectivity index (χ4v) is 5.34. The van der Waals surface area contributed by atoms with Crippen molar-refractivity contribution in [2.45, 2.75) is 4.90 Å². The smallest absolute Gasteiger partial charge is 0.266 e. The summed E-state index contributed by atoms with van der Waals surface area (Å²) in [5.74, 6) is -1.04. The van der Waals surface area contributed by atoms with Gasteiger partial charge in [0.25, 0.3) is 10.0 Å². The van der Waals surface area contributed by atoms with Crippen LogP contribution in [0.25, 0.3) is 0 Å². The second-order valence-corrected chi connectivity index (χ2v) is 7.76. The molecule has 8 heteroatoms. The molecule has 21 heavy (non-hydrogen) atoms. The quantitative estimate of drug-likeness (QED) is 0.712. The molecule has 0 heterocycles. The Kier molecular flexibility index (Phi) is 4.69.